The molecule has 0 bridgehead atoms. The first-order valence-corrected chi connectivity index (χ1v) is 7.49. The average molecular weight is 344 g/mol. The number of phenolic OH excluding ortho intramolecular Hbond substituents is 1. The largest absolute Gasteiger partial charge is 0.502 e. The lowest BCUT2D eigenvalue weighted by atomic mass is 10.1. The number of hydrogen-bond donors (Lipinski definition) is 1. The van der Waals surface area contributed by atoms with Gasteiger partial charge in [-0.25, -0.2) is 4.79 Å². The molecule has 6 heteroatoms. The zero-order chi connectivity index (χ0) is 18.4. The number of aromatic hydroxyl groups is 1. The maximum absolute atomic E-state index is 12.5. The van der Waals surface area contributed by atoms with Crippen molar-refractivity contribution in [1.82, 2.24) is 0 Å². The molecule has 0 saturated heterocycles. The second-order valence-electron chi connectivity index (χ2n) is 5.10. The number of methoxy groups -OCH3 is 3. The van der Waals surface area contributed by atoms with Crippen LogP contribution in [0.1, 0.15) is 15.9 Å². The van der Waals surface area contributed by atoms with E-state index in [2.05, 4.69) is 6.58 Å². The van der Waals surface area contributed by atoms with Gasteiger partial charge in [0.15, 0.2) is 23.0 Å². The van der Waals surface area contributed by atoms with Gasteiger partial charge in [-0.05, 0) is 36.2 Å². The van der Waals surface area contributed by atoms with E-state index in [-0.39, 0.29) is 28.6 Å². The van der Waals surface area contributed by atoms with Crippen LogP contribution in [0.3, 0.4) is 0 Å². The van der Waals surface area contributed by atoms with Crippen molar-refractivity contribution in [2.24, 2.45) is 0 Å². The fourth-order valence-corrected chi connectivity index (χ4v) is 2.26. The molecule has 0 unspecified atom stereocenters. The zero-order valence-corrected chi connectivity index (χ0v) is 14.4. The molecule has 6 nitrogen and oxygen atoms in total. The zero-order valence-electron chi connectivity index (χ0n) is 14.4. The summed E-state index contributed by atoms with van der Waals surface area (Å²) in [4.78, 5) is 12.5. The van der Waals surface area contributed by atoms with E-state index in [4.69, 9.17) is 18.9 Å². The molecule has 0 aliphatic heterocycles. The molecule has 0 atom stereocenters. The normalized spacial score (nSPS) is 10.0. The van der Waals surface area contributed by atoms with Gasteiger partial charge in [0.2, 0.25) is 5.75 Å². The molecule has 2 aromatic carbocycles. The van der Waals surface area contributed by atoms with Crippen molar-refractivity contribution in [3.8, 4) is 28.7 Å². The minimum Gasteiger partial charge on any atom is -0.502 e. The van der Waals surface area contributed by atoms with Crippen LogP contribution >= 0.6 is 0 Å². The van der Waals surface area contributed by atoms with E-state index in [9.17, 15) is 9.90 Å². The molecule has 0 aliphatic carbocycles. The topological polar surface area (TPSA) is 74.2 Å². The number of carbonyl (C=O) groups excluding carboxylic acids is 1. The Hall–Kier alpha value is -3.15. The van der Waals surface area contributed by atoms with Crippen LogP contribution in [0.15, 0.2) is 43.0 Å². The van der Waals surface area contributed by atoms with E-state index in [1.54, 1.807) is 18.2 Å². The minimum absolute atomic E-state index is 0.111. The van der Waals surface area contributed by atoms with Crippen LogP contribution in [0.2, 0.25) is 0 Å². The van der Waals surface area contributed by atoms with E-state index in [1.165, 1.54) is 33.5 Å². The highest BCUT2D eigenvalue weighted by Gasteiger charge is 2.18. The van der Waals surface area contributed by atoms with Crippen molar-refractivity contribution in [2.75, 3.05) is 21.3 Å². The molecule has 0 radical (unpaired) electrons. The fourth-order valence-electron chi connectivity index (χ4n) is 2.26. The molecule has 0 fully saturated rings. The Morgan fingerprint density at radius 2 is 1.60 bits per heavy atom. The Labute approximate surface area is 146 Å². The lowest BCUT2D eigenvalue weighted by Gasteiger charge is -2.13. The third-order valence-corrected chi connectivity index (χ3v) is 3.53. The highest BCUT2D eigenvalue weighted by molar-refractivity contribution is 5.93. The molecule has 0 aliphatic rings. The number of esters is 1. The van der Waals surface area contributed by atoms with Gasteiger partial charge < -0.3 is 24.1 Å². The molecular weight excluding hydrogens is 324 g/mol. The van der Waals surface area contributed by atoms with Crippen LogP contribution in [0.5, 0.6) is 28.7 Å². The van der Waals surface area contributed by atoms with E-state index < -0.39 is 5.97 Å². The van der Waals surface area contributed by atoms with Crippen molar-refractivity contribution in [2.45, 2.75) is 6.42 Å². The van der Waals surface area contributed by atoms with Crippen LogP contribution in [0.25, 0.3) is 0 Å². The van der Waals surface area contributed by atoms with Crippen LogP contribution in [-0.4, -0.2) is 32.4 Å². The molecule has 0 spiro atoms. The summed E-state index contributed by atoms with van der Waals surface area (Å²) in [5.74, 6) is 0.121. The molecule has 1 N–H and O–H groups in total. The standard InChI is InChI=1S/C19H20O6/c1-5-6-12-7-8-14(15(9-12)22-2)25-19(21)13-10-16(23-3)18(20)17(11-13)24-4/h5,7-11,20H,1,6H2,2-4H3. The van der Waals surface area contributed by atoms with Crippen LogP contribution in [-0.2, 0) is 6.42 Å². The summed E-state index contributed by atoms with van der Waals surface area (Å²) in [6, 6.07) is 8.01. The Kier molecular flexibility index (Phi) is 5.89. The van der Waals surface area contributed by atoms with E-state index in [0.717, 1.165) is 5.56 Å². The van der Waals surface area contributed by atoms with Crippen molar-refractivity contribution in [1.29, 1.82) is 0 Å². The van der Waals surface area contributed by atoms with Gasteiger partial charge in [-0.2, -0.15) is 0 Å². The fraction of sp³-hybridized carbons (Fsp3) is 0.211. The Morgan fingerprint density at radius 3 is 2.12 bits per heavy atom. The number of rotatable bonds is 7. The second-order valence-corrected chi connectivity index (χ2v) is 5.10. The molecule has 2 aromatic rings. The van der Waals surface area contributed by atoms with Crippen molar-refractivity contribution >= 4 is 5.97 Å². The molecule has 0 amide bonds. The molecule has 0 aromatic heterocycles. The number of hydrogen-bond acceptors (Lipinski definition) is 6. The van der Waals surface area contributed by atoms with E-state index in [1.807, 2.05) is 6.07 Å². The van der Waals surface area contributed by atoms with Crippen molar-refractivity contribution < 1.29 is 28.8 Å². The van der Waals surface area contributed by atoms with Gasteiger partial charge in [0.05, 0.1) is 26.9 Å². The quantitative estimate of drug-likeness (QED) is 0.472. The van der Waals surface area contributed by atoms with Crippen LogP contribution in [0.4, 0.5) is 0 Å². The number of allylic oxidation sites excluding steroid dienone is 1. The SMILES string of the molecule is C=CCc1ccc(OC(=O)c2cc(OC)c(O)c(OC)c2)c(OC)c1. The van der Waals surface area contributed by atoms with Crippen molar-refractivity contribution in [3.63, 3.8) is 0 Å². The predicted molar refractivity (Wildman–Crippen MR) is 93.1 cm³/mol. The van der Waals surface area contributed by atoms with Gasteiger partial charge in [0.25, 0.3) is 0 Å². The molecular formula is C19H20O6. The summed E-state index contributed by atoms with van der Waals surface area (Å²) in [6.45, 7) is 3.69. The number of carbonyl (C=O) groups is 1. The molecule has 2 rings (SSSR count). The first-order valence-electron chi connectivity index (χ1n) is 7.49. The average Bonchev–Trinajstić information content (AvgIpc) is 2.63. The van der Waals surface area contributed by atoms with Gasteiger partial charge in [-0.3, -0.25) is 0 Å². The minimum atomic E-state index is -0.633. The number of ether oxygens (including phenoxy) is 4. The van der Waals surface area contributed by atoms with Gasteiger partial charge in [-0.15, -0.1) is 6.58 Å². The maximum atomic E-state index is 12.5. The second kappa shape index (κ2) is 8.10. The van der Waals surface area contributed by atoms with Gasteiger partial charge in [-0.1, -0.05) is 12.1 Å². The predicted octanol–water partition coefficient (Wildman–Crippen LogP) is 3.37. The van der Waals surface area contributed by atoms with Crippen LogP contribution in [0, 0.1) is 0 Å². The smallest absolute Gasteiger partial charge is 0.343 e. The van der Waals surface area contributed by atoms with E-state index in [0.29, 0.717) is 12.2 Å². The first-order chi connectivity index (χ1) is 12.0. The Balaban J connectivity index is 2.32. The van der Waals surface area contributed by atoms with Gasteiger partial charge in [0.1, 0.15) is 0 Å². The highest BCUT2D eigenvalue weighted by atomic mass is 16.6. The third-order valence-electron chi connectivity index (χ3n) is 3.53. The van der Waals surface area contributed by atoms with E-state index >= 15 is 0 Å². The lowest BCUT2D eigenvalue weighted by molar-refractivity contribution is 0.0729. The number of phenols is 1. The summed E-state index contributed by atoms with van der Waals surface area (Å²) in [7, 11) is 4.26. The molecule has 0 heterocycles. The Bertz CT molecular complexity index is 756. The molecule has 0 saturated carbocycles. The van der Waals surface area contributed by atoms with Crippen molar-refractivity contribution in [3.05, 3.63) is 54.1 Å². The van der Waals surface area contributed by atoms with Gasteiger partial charge >= 0.3 is 5.97 Å². The highest BCUT2D eigenvalue weighted by Crippen LogP contribution is 2.37. The molecule has 132 valence electrons. The Morgan fingerprint density at radius 1 is 1.00 bits per heavy atom. The summed E-state index contributed by atoms with van der Waals surface area (Å²) in [5, 5.41) is 9.92. The van der Waals surface area contributed by atoms with Crippen LogP contribution < -0.4 is 18.9 Å². The van der Waals surface area contributed by atoms with Gasteiger partial charge in [0, 0.05) is 0 Å². The summed E-state index contributed by atoms with van der Waals surface area (Å²) in [6.07, 6.45) is 2.45. The summed E-state index contributed by atoms with van der Waals surface area (Å²) >= 11 is 0. The molecule has 25 heavy (non-hydrogen) atoms. The monoisotopic (exact) mass is 344 g/mol. The third kappa shape index (κ3) is 4.03. The number of benzene rings is 2. The maximum Gasteiger partial charge on any atom is 0.343 e. The lowest BCUT2D eigenvalue weighted by Crippen LogP contribution is -2.10. The summed E-state index contributed by atoms with van der Waals surface area (Å²) in [5.41, 5.74) is 1.16. The summed E-state index contributed by atoms with van der Waals surface area (Å²) < 4.78 is 20.8. The first kappa shape index (κ1) is 18.2.